The lowest BCUT2D eigenvalue weighted by molar-refractivity contribution is -0.139. The van der Waals surface area contributed by atoms with Gasteiger partial charge in [0.15, 0.2) is 6.61 Å². The molecule has 0 saturated heterocycles. The molecule has 1 aromatic heterocycles. The number of carboxylic acid groups (broad SMARTS) is 1. The molecular weight excluding hydrogens is 416 g/mol. The van der Waals surface area contributed by atoms with E-state index in [0.717, 1.165) is 41.8 Å². The number of carboxylic acids is 1. The number of nitriles is 1. The molecule has 0 aliphatic rings. The van der Waals surface area contributed by atoms with Gasteiger partial charge in [-0.25, -0.2) is 9.78 Å². The minimum absolute atomic E-state index is 0.223. The Morgan fingerprint density at radius 3 is 2.58 bits per heavy atom. The summed E-state index contributed by atoms with van der Waals surface area (Å²) in [7, 11) is 0. The normalized spacial score (nSPS) is 11.4. The van der Waals surface area contributed by atoms with Crippen LogP contribution in [0.1, 0.15) is 56.0 Å². The third kappa shape index (κ3) is 6.56. The van der Waals surface area contributed by atoms with Crippen LogP contribution in [-0.2, 0) is 11.2 Å². The third-order valence-corrected chi connectivity index (χ3v) is 5.27. The molecule has 3 rings (SSSR count). The average Bonchev–Trinajstić information content (AvgIpc) is 2.85. The molecule has 0 bridgehead atoms. The van der Waals surface area contributed by atoms with E-state index in [1.165, 1.54) is 0 Å². The van der Waals surface area contributed by atoms with Crippen molar-refractivity contribution in [2.24, 2.45) is 0 Å². The molecule has 33 heavy (non-hydrogen) atoms. The molecule has 1 heterocycles. The lowest BCUT2D eigenvalue weighted by Crippen LogP contribution is -2.12. The average molecular weight is 445 g/mol. The summed E-state index contributed by atoms with van der Waals surface area (Å²) < 4.78 is 11.8. The molecule has 0 spiro atoms. The van der Waals surface area contributed by atoms with Crippen molar-refractivity contribution in [2.45, 2.75) is 45.6 Å². The number of unbranched alkanes of at least 4 members (excludes halogenated alkanes) is 1. The summed E-state index contributed by atoms with van der Waals surface area (Å²) in [6.07, 6.45) is 3.32. The number of pyridine rings is 1. The molecule has 6 heteroatoms. The zero-order chi connectivity index (χ0) is 23.6. The third-order valence-electron chi connectivity index (χ3n) is 5.27. The fraction of sp³-hybridized carbons (Fsp3) is 0.296. The van der Waals surface area contributed by atoms with Gasteiger partial charge in [0.05, 0.1) is 23.0 Å². The summed E-state index contributed by atoms with van der Waals surface area (Å²) in [6, 6.07) is 20.9. The number of carbonyl (C=O) groups is 1. The Morgan fingerprint density at radius 2 is 1.91 bits per heavy atom. The quantitative estimate of drug-likeness (QED) is 0.392. The van der Waals surface area contributed by atoms with E-state index in [1.54, 1.807) is 24.3 Å². The molecule has 1 N–H and O–H groups in total. The van der Waals surface area contributed by atoms with Gasteiger partial charge in [0.1, 0.15) is 17.6 Å². The van der Waals surface area contributed by atoms with Crippen molar-refractivity contribution in [3.63, 3.8) is 0 Å². The monoisotopic (exact) mass is 444 g/mol. The van der Waals surface area contributed by atoms with Gasteiger partial charge >= 0.3 is 5.97 Å². The fourth-order valence-electron chi connectivity index (χ4n) is 3.51. The van der Waals surface area contributed by atoms with Gasteiger partial charge in [-0.2, -0.15) is 5.26 Å². The lowest BCUT2D eigenvalue weighted by atomic mass is 10.1. The molecule has 3 aromatic rings. The number of nitrogens with zero attached hydrogens (tertiary/aromatic N) is 2. The molecule has 170 valence electrons. The number of aromatic nitrogens is 1. The van der Waals surface area contributed by atoms with Crippen molar-refractivity contribution >= 4 is 5.97 Å². The van der Waals surface area contributed by atoms with Gasteiger partial charge in [-0.1, -0.05) is 38.5 Å². The number of aryl methyl sites for hydroxylation is 1. The van der Waals surface area contributed by atoms with Gasteiger partial charge in [0, 0.05) is 5.56 Å². The van der Waals surface area contributed by atoms with E-state index in [2.05, 4.69) is 13.0 Å². The Morgan fingerprint density at radius 1 is 1.12 bits per heavy atom. The standard InChI is InChI=1S/C27H28N2O4/c1-3-5-9-26(33-22-14-15-25(20(4-2)16-22)32-18-27(30)31)24-8-6-7-23(29-24)21-12-10-19(17-28)11-13-21/h6-8,10-16,26H,3-5,9,18H2,1-2H3,(H,30,31). The first-order valence-corrected chi connectivity index (χ1v) is 11.2. The largest absolute Gasteiger partial charge is 0.484 e. The van der Waals surface area contributed by atoms with E-state index < -0.39 is 5.97 Å². The van der Waals surface area contributed by atoms with Gasteiger partial charge in [-0.3, -0.25) is 0 Å². The van der Waals surface area contributed by atoms with Crippen molar-refractivity contribution < 1.29 is 19.4 Å². The number of hydrogen-bond donors (Lipinski definition) is 1. The van der Waals surface area contributed by atoms with Crippen molar-refractivity contribution in [1.82, 2.24) is 4.98 Å². The van der Waals surface area contributed by atoms with Crippen LogP contribution in [0.25, 0.3) is 11.3 Å². The molecule has 0 amide bonds. The van der Waals surface area contributed by atoms with Crippen molar-refractivity contribution in [3.05, 3.63) is 77.5 Å². The first-order chi connectivity index (χ1) is 16.0. The molecule has 0 fully saturated rings. The molecule has 0 radical (unpaired) electrons. The maximum absolute atomic E-state index is 10.8. The van der Waals surface area contributed by atoms with Crippen molar-refractivity contribution in [1.29, 1.82) is 5.26 Å². The number of benzene rings is 2. The molecule has 2 aromatic carbocycles. The van der Waals surface area contributed by atoms with Gasteiger partial charge in [0.25, 0.3) is 0 Å². The second kappa shape index (κ2) is 11.7. The molecule has 6 nitrogen and oxygen atoms in total. The first-order valence-electron chi connectivity index (χ1n) is 11.2. The van der Waals surface area contributed by atoms with Crippen LogP contribution < -0.4 is 9.47 Å². The predicted octanol–water partition coefficient (Wildman–Crippen LogP) is 5.96. The van der Waals surface area contributed by atoms with E-state index in [1.807, 2.05) is 43.3 Å². The topological polar surface area (TPSA) is 92.4 Å². The van der Waals surface area contributed by atoms with Crippen LogP contribution in [0.3, 0.4) is 0 Å². The van der Waals surface area contributed by atoms with Crippen LogP contribution in [0.5, 0.6) is 11.5 Å². The smallest absolute Gasteiger partial charge is 0.341 e. The highest BCUT2D eigenvalue weighted by Crippen LogP contribution is 2.31. The number of rotatable bonds is 11. The number of aliphatic carboxylic acids is 1. The summed E-state index contributed by atoms with van der Waals surface area (Å²) >= 11 is 0. The molecule has 1 unspecified atom stereocenters. The fourth-order valence-corrected chi connectivity index (χ4v) is 3.51. The van der Waals surface area contributed by atoms with Gasteiger partial charge in [0.2, 0.25) is 0 Å². The summed E-state index contributed by atoms with van der Waals surface area (Å²) in [5.74, 6) is 0.240. The predicted molar refractivity (Wildman–Crippen MR) is 126 cm³/mol. The lowest BCUT2D eigenvalue weighted by Gasteiger charge is -2.20. The van der Waals surface area contributed by atoms with E-state index in [-0.39, 0.29) is 12.7 Å². The highest BCUT2D eigenvalue weighted by atomic mass is 16.5. The molecule has 0 saturated carbocycles. The Kier molecular flexibility index (Phi) is 8.43. The van der Waals surface area contributed by atoms with E-state index in [9.17, 15) is 4.79 Å². The summed E-state index contributed by atoms with van der Waals surface area (Å²) in [6.45, 7) is 3.75. The Labute approximate surface area is 194 Å². The van der Waals surface area contributed by atoms with Crippen LogP contribution in [0.15, 0.2) is 60.7 Å². The minimum atomic E-state index is -1.01. The van der Waals surface area contributed by atoms with E-state index >= 15 is 0 Å². The molecular formula is C27H28N2O4. The molecule has 1 atom stereocenters. The SMILES string of the molecule is CCCCC(Oc1ccc(OCC(=O)O)c(CC)c1)c1cccc(-c2ccc(C#N)cc2)n1. The zero-order valence-electron chi connectivity index (χ0n) is 19.0. The summed E-state index contributed by atoms with van der Waals surface area (Å²) in [5, 5.41) is 17.9. The van der Waals surface area contributed by atoms with Gasteiger partial charge in [-0.15, -0.1) is 0 Å². The van der Waals surface area contributed by atoms with Crippen LogP contribution in [-0.4, -0.2) is 22.7 Å². The summed E-state index contributed by atoms with van der Waals surface area (Å²) in [4.78, 5) is 15.7. The van der Waals surface area contributed by atoms with Crippen LogP contribution in [0.4, 0.5) is 0 Å². The van der Waals surface area contributed by atoms with E-state index in [4.69, 9.17) is 24.8 Å². The second-order valence-corrected chi connectivity index (χ2v) is 7.69. The van der Waals surface area contributed by atoms with Crippen molar-refractivity contribution in [3.8, 4) is 28.8 Å². The second-order valence-electron chi connectivity index (χ2n) is 7.69. The highest BCUT2D eigenvalue weighted by molar-refractivity contribution is 5.68. The Hall–Kier alpha value is -3.85. The number of ether oxygens (including phenoxy) is 2. The van der Waals surface area contributed by atoms with E-state index in [0.29, 0.717) is 23.5 Å². The van der Waals surface area contributed by atoms with Crippen LogP contribution in [0.2, 0.25) is 0 Å². The van der Waals surface area contributed by atoms with Gasteiger partial charge < -0.3 is 14.6 Å². The molecule has 0 aliphatic heterocycles. The maximum atomic E-state index is 10.8. The summed E-state index contributed by atoms with van der Waals surface area (Å²) in [5.41, 5.74) is 4.12. The first kappa shape index (κ1) is 23.8. The Balaban J connectivity index is 1.85. The maximum Gasteiger partial charge on any atom is 0.341 e. The Bertz CT molecular complexity index is 1120. The zero-order valence-corrected chi connectivity index (χ0v) is 19.0. The van der Waals surface area contributed by atoms with Crippen molar-refractivity contribution in [2.75, 3.05) is 6.61 Å². The minimum Gasteiger partial charge on any atom is -0.484 e. The van der Waals surface area contributed by atoms with Gasteiger partial charge in [-0.05, 0) is 67.3 Å². The van der Waals surface area contributed by atoms with Crippen LogP contribution in [0, 0.1) is 11.3 Å². The molecule has 0 aliphatic carbocycles. The highest BCUT2D eigenvalue weighted by Gasteiger charge is 2.17. The number of hydrogen-bond acceptors (Lipinski definition) is 5. The van der Waals surface area contributed by atoms with Crippen LogP contribution >= 0.6 is 0 Å².